The molecule has 1 aromatic rings. The first-order valence-electron chi connectivity index (χ1n) is 6.98. The topological polar surface area (TPSA) is 58.2 Å². The van der Waals surface area contributed by atoms with E-state index < -0.39 is 0 Å². The van der Waals surface area contributed by atoms with Crippen LogP contribution in [0.5, 0.6) is 0 Å². The fourth-order valence-electron chi connectivity index (χ4n) is 1.73. The van der Waals surface area contributed by atoms with Crippen molar-refractivity contribution in [2.45, 2.75) is 38.9 Å². The lowest BCUT2D eigenvalue weighted by Crippen LogP contribution is -2.39. The molecule has 2 N–H and O–H groups in total. The van der Waals surface area contributed by atoms with Gasteiger partial charge in [-0.2, -0.15) is 0 Å². The van der Waals surface area contributed by atoms with Crippen molar-refractivity contribution in [2.24, 2.45) is 5.41 Å². The largest absolute Gasteiger partial charge is 0.355 e. The van der Waals surface area contributed by atoms with Gasteiger partial charge in [-0.1, -0.05) is 48.8 Å². The molecule has 21 heavy (non-hydrogen) atoms. The van der Waals surface area contributed by atoms with Crippen LogP contribution in [0.3, 0.4) is 0 Å². The van der Waals surface area contributed by atoms with Gasteiger partial charge in [0.2, 0.25) is 11.8 Å². The predicted octanol–water partition coefficient (Wildman–Crippen LogP) is 3.25. The Morgan fingerprint density at radius 3 is 2.52 bits per heavy atom. The van der Waals surface area contributed by atoms with E-state index in [1.54, 1.807) is 0 Å². The van der Waals surface area contributed by atoms with Crippen LogP contribution in [0.4, 0.5) is 5.69 Å². The van der Waals surface area contributed by atoms with Crippen molar-refractivity contribution in [1.29, 1.82) is 0 Å². The normalized spacial score (nSPS) is 12.6. The third kappa shape index (κ3) is 6.29. The van der Waals surface area contributed by atoms with Gasteiger partial charge >= 0.3 is 0 Å². The minimum absolute atomic E-state index is 0.0918. The van der Waals surface area contributed by atoms with Gasteiger partial charge in [0.25, 0.3) is 0 Å². The van der Waals surface area contributed by atoms with Gasteiger partial charge in [0.05, 0.1) is 4.83 Å². The van der Waals surface area contributed by atoms with Crippen LogP contribution in [0.25, 0.3) is 0 Å². The molecular formula is C16H23BrN2O2. The van der Waals surface area contributed by atoms with Gasteiger partial charge in [0.15, 0.2) is 0 Å². The number of hydrogen-bond donors (Lipinski definition) is 2. The van der Waals surface area contributed by atoms with Gasteiger partial charge < -0.3 is 10.6 Å². The van der Waals surface area contributed by atoms with Gasteiger partial charge in [-0.05, 0) is 30.0 Å². The number of halogens is 1. The molecular weight excluding hydrogens is 332 g/mol. The monoisotopic (exact) mass is 354 g/mol. The molecule has 0 saturated heterocycles. The Morgan fingerprint density at radius 2 is 1.95 bits per heavy atom. The molecule has 0 spiro atoms. The zero-order valence-corrected chi connectivity index (χ0v) is 14.6. The van der Waals surface area contributed by atoms with E-state index in [9.17, 15) is 9.59 Å². The van der Waals surface area contributed by atoms with Crippen LogP contribution in [0.2, 0.25) is 0 Å². The Hall–Kier alpha value is -1.36. The van der Waals surface area contributed by atoms with Crippen LogP contribution in [0.15, 0.2) is 24.3 Å². The first-order valence-corrected chi connectivity index (χ1v) is 7.90. The quantitative estimate of drug-likeness (QED) is 0.797. The van der Waals surface area contributed by atoms with Crippen LogP contribution in [-0.4, -0.2) is 23.2 Å². The number of aryl methyl sites for hydroxylation is 1. The summed E-state index contributed by atoms with van der Waals surface area (Å²) in [7, 11) is 0. The molecule has 0 fully saturated rings. The summed E-state index contributed by atoms with van der Waals surface area (Å²) in [5.41, 5.74) is 1.71. The first kappa shape index (κ1) is 17.7. The van der Waals surface area contributed by atoms with Gasteiger partial charge in [-0.3, -0.25) is 9.59 Å². The van der Waals surface area contributed by atoms with Crippen molar-refractivity contribution in [1.82, 2.24) is 5.32 Å². The molecule has 2 amide bonds. The Morgan fingerprint density at radius 1 is 1.29 bits per heavy atom. The fraction of sp³-hybridized carbons (Fsp3) is 0.500. The summed E-state index contributed by atoms with van der Waals surface area (Å²) in [4.78, 5) is 23.4. The number of rotatable bonds is 5. The van der Waals surface area contributed by atoms with Crippen molar-refractivity contribution in [2.75, 3.05) is 11.9 Å². The Bertz CT molecular complexity index is 509. The summed E-state index contributed by atoms with van der Waals surface area (Å²) in [6, 6.07) is 7.62. The number of alkyl halides is 1. The molecule has 116 valence electrons. The number of nitrogens with one attached hydrogen (secondary N) is 2. The summed E-state index contributed by atoms with van der Waals surface area (Å²) < 4.78 is 0. The maximum atomic E-state index is 11.9. The van der Waals surface area contributed by atoms with Crippen LogP contribution >= 0.6 is 15.9 Å². The minimum Gasteiger partial charge on any atom is -0.355 e. The molecule has 0 aliphatic rings. The van der Waals surface area contributed by atoms with Gasteiger partial charge in [-0.15, -0.1) is 0 Å². The summed E-state index contributed by atoms with van der Waals surface area (Å²) in [6.45, 7) is 8.25. The van der Waals surface area contributed by atoms with Crippen LogP contribution in [0, 0.1) is 12.3 Å². The second kappa shape index (κ2) is 7.59. The standard InChI is InChI=1S/C16H23BrN2O2/c1-11-6-5-7-12(10-11)19-13(20)8-9-18-15(21)14(17)16(2,3)4/h5-7,10,14H,8-9H2,1-4H3,(H,18,21)(H,19,20)/t14-/m1/s1. The van der Waals surface area contributed by atoms with Gasteiger partial charge in [-0.25, -0.2) is 0 Å². The highest BCUT2D eigenvalue weighted by Gasteiger charge is 2.28. The van der Waals surface area contributed by atoms with E-state index in [0.717, 1.165) is 11.3 Å². The lowest BCUT2D eigenvalue weighted by Gasteiger charge is -2.24. The molecule has 5 heteroatoms. The van der Waals surface area contributed by atoms with E-state index >= 15 is 0 Å². The molecule has 0 bridgehead atoms. The number of carbonyl (C=O) groups is 2. The van der Waals surface area contributed by atoms with Crippen molar-refractivity contribution in [3.63, 3.8) is 0 Å². The van der Waals surface area contributed by atoms with Crippen molar-refractivity contribution in [3.05, 3.63) is 29.8 Å². The van der Waals surface area contributed by atoms with E-state index in [1.807, 2.05) is 52.0 Å². The molecule has 4 nitrogen and oxygen atoms in total. The zero-order valence-electron chi connectivity index (χ0n) is 13.0. The van der Waals surface area contributed by atoms with Crippen molar-refractivity contribution < 1.29 is 9.59 Å². The van der Waals surface area contributed by atoms with Crippen LogP contribution in [-0.2, 0) is 9.59 Å². The third-order valence-electron chi connectivity index (χ3n) is 2.94. The second-order valence-corrected chi connectivity index (χ2v) is 7.10. The van der Waals surface area contributed by atoms with E-state index in [0.29, 0.717) is 6.54 Å². The SMILES string of the molecule is Cc1cccc(NC(=O)CCNC(=O)[C@@H](Br)C(C)(C)C)c1. The van der Waals surface area contributed by atoms with Gasteiger partial charge in [0.1, 0.15) is 0 Å². The molecule has 1 atom stereocenters. The summed E-state index contributed by atoms with van der Waals surface area (Å²) in [6.07, 6.45) is 0.254. The average molecular weight is 355 g/mol. The van der Waals surface area contributed by atoms with Crippen molar-refractivity contribution in [3.8, 4) is 0 Å². The van der Waals surface area contributed by atoms with Gasteiger partial charge in [0, 0.05) is 18.7 Å². The molecule has 1 rings (SSSR count). The summed E-state index contributed by atoms with van der Waals surface area (Å²) in [5, 5.41) is 5.58. The van der Waals surface area contributed by atoms with Crippen LogP contribution < -0.4 is 10.6 Å². The molecule has 0 aliphatic heterocycles. The van der Waals surface area contributed by atoms with E-state index in [-0.39, 0.29) is 28.5 Å². The molecule has 0 radical (unpaired) electrons. The smallest absolute Gasteiger partial charge is 0.234 e. The summed E-state index contributed by atoms with van der Waals surface area (Å²) >= 11 is 3.38. The number of anilines is 1. The first-order chi connectivity index (χ1) is 9.70. The average Bonchev–Trinajstić information content (AvgIpc) is 2.36. The minimum atomic E-state index is -0.273. The zero-order chi connectivity index (χ0) is 16.0. The lowest BCUT2D eigenvalue weighted by molar-refractivity contribution is -0.122. The maximum absolute atomic E-state index is 11.9. The maximum Gasteiger partial charge on any atom is 0.234 e. The Kier molecular flexibility index (Phi) is 6.40. The van der Waals surface area contributed by atoms with Crippen LogP contribution in [0.1, 0.15) is 32.8 Å². The number of hydrogen-bond acceptors (Lipinski definition) is 2. The molecule has 0 aliphatic carbocycles. The fourth-order valence-corrected chi connectivity index (χ4v) is 1.89. The second-order valence-electron chi connectivity index (χ2n) is 6.19. The molecule has 0 unspecified atom stereocenters. The Labute approximate surface area is 134 Å². The highest BCUT2D eigenvalue weighted by Crippen LogP contribution is 2.25. The summed E-state index contributed by atoms with van der Waals surface area (Å²) in [5.74, 6) is -0.200. The number of benzene rings is 1. The number of carbonyl (C=O) groups excluding carboxylic acids is 2. The molecule has 0 saturated carbocycles. The van der Waals surface area contributed by atoms with E-state index in [2.05, 4.69) is 26.6 Å². The third-order valence-corrected chi connectivity index (χ3v) is 4.73. The Balaban J connectivity index is 2.36. The molecule has 1 aromatic carbocycles. The predicted molar refractivity (Wildman–Crippen MR) is 89.6 cm³/mol. The van der Waals surface area contributed by atoms with Crippen molar-refractivity contribution >= 4 is 33.4 Å². The van der Waals surface area contributed by atoms with E-state index in [1.165, 1.54) is 0 Å². The number of amides is 2. The molecule has 0 heterocycles. The highest BCUT2D eigenvalue weighted by molar-refractivity contribution is 9.10. The van der Waals surface area contributed by atoms with E-state index in [4.69, 9.17) is 0 Å². The lowest BCUT2D eigenvalue weighted by atomic mass is 9.92. The highest BCUT2D eigenvalue weighted by atomic mass is 79.9. The molecule has 0 aromatic heterocycles.